The second-order valence-corrected chi connectivity index (χ2v) is 2.73. The van der Waals surface area contributed by atoms with Gasteiger partial charge < -0.3 is 15.3 Å². The number of hydrogen-bond donors (Lipinski definition) is 3. The summed E-state index contributed by atoms with van der Waals surface area (Å²) in [6, 6.07) is 0. The minimum absolute atomic E-state index is 0.469. The minimum atomic E-state index is -1.66. The molecular formula is C7H10O6. The van der Waals surface area contributed by atoms with E-state index in [0.717, 1.165) is 0 Å². The van der Waals surface area contributed by atoms with E-state index >= 15 is 0 Å². The van der Waals surface area contributed by atoms with Gasteiger partial charge in [0.05, 0.1) is 0 Å². The number of rotatable bonds is 5. The van der Waals surface area contributed by atoms with Crippen LogP contribution in [0, 0.1) is 11.8 Å². The van der Waals surface area contributed by atoms with Crippen LogP contribution in [-0.4, -0.2) is 33.2 Å². The normalized spacial score (nSPS) is 12.5. The molecule has 0 amide bonds. The highest BCUT2D eigenvalue weighted by molar-refractivity contribution is 5.93. The van der Waals surface area contributed by atoms with Crippen LogP contribution in [0.25, 0.3) is 0 Å². The van der Waals surface area contributed by atoms with Crippen LogP contribution in [0.4, 0.5) is 0 Å². The molecule has 0 saturated carbocycles. The fraction of sp³-hybridized carbons (Fsp3) is 0.571. The maximum Gasteiger partial charge on any atom is 0.318 e. The van der Waals surface area contributed by atoms with Gasteiger partial charge in [-0.3, -0.25) is 14.4 Å². The molecule has 0 heterocycles. The molecule has 0 unspecified atom stereocenters. The Hall–Kier alpha value is -1.59. The zero-order valence-electron chi connectivity index (χ0n) is 6.93. The molecule has 0 aromatic rings. The Morgan fingerprint density at radius 1 is 1.08 bits per heavy atom. The predicted octanol–water partition coefficient (Wildman–Crippen LogP) is -0.117. The van der Waals surface area contributed by atoms with E-state index in [9.17, 15) is 14.4 Å². The van der Waals surface area contributed by atoms with E-state index in [4.69, 9.17) is 15.3 Å². The molecule has 0 aromatic heterocycles. The average Bonchev–Trinajstić information content (AvgIpc) is 1.81. The lowest BCUT2D eigenvalue weighted by molar-refractivity contribution is -0.157. The van der Waals surface area contributed by atoms with Crippen molar-refractivity contribution in [1.29, 1.82) is 0 Å². The summed E-state index contributed by atoms with van der Waals surface area (Å²) in [6.07, 6.45) is -0.469. The van der Waals surface area contributed by atoms with Crippen molar-refractivity contribution in [3.63, 3.8) is 0 Å². The monoisotopic (exact) mass is 190 g/mol. The summed E-state index contributed by atoms with van der Waals surface area (Å²) in [5.41, 5.74) is 0. The van der Waals surface area contributed by atoms with Gasteiger partial charge in [0, 0.05) is 6.42 Å². The quantitative estimate of drug-likeness (QED) is 0.521. The van der Waals surface area contributed by atoms with Gasteiger partial charge in [0.25, 0.3) is 0 Å². The Morgan fingerprint density at radius 3 is 1.69 bits per heavy atom. The molecule has 0 fully saturated rings. The van der Waals surface area contributed by atoms with Crippen LogP contribution in [0.5, 0.6) is 0 Å². The van der Waals surface area contributed by atoms with Crippen LogP contribution in [0.15, 0.2) is 0 Å². The molecule has 0 aromatic carbocycles. The molecule has 3 N–H and O–H groups in total. The molecular weight excluding hydrogens is 180 g/mol. The molecule has 6 heteroatoms. The van der Waals surface area contributed by atoms with E-state index in [0.29, 0.717) is 0 Å². The fourth-order valence-corrected chi connectivity index (χ4v) is 0.986. The highest BCUT2D eigenvalue weighted by atomic mass is 16.4. The summed E-state index contributed by atoms with van der Waals surface area (Å²) in [4.78, 5) is 31.0. The third kappa shape index (κ3) is 3.55. The lowest BCUT2D eigenvalue weighted by Crippen LogP contribution is -2.30. The van der Waals surface area contributed by atoms with Gasteiger partial charge in [-0.1, -0.05) is 6.92 Å². The van der Waals surface area contributed by atoms with Crippen molar-refractivity contribution in [2.45, 2.75) is 13.3 Å². The van der Waals surface area contributed by atoms with Gasteiger partial charge in [-0.2, -0.15) is 0 Å². The van der Waals surface area contributed by atoms with Gasteiger partial charge >= 0.3 is 17.9 Å². The maximum atomic E-state index is 10.4. The Bertz CT molecular complexity index is 219. The number of aliphatic carboxylic acids is 3. The van der Waals surface area contributed by atoms with Crippen molar-refractivity contribution < 1.29 is 29.7 Å². The van der Waals surface area contributed by atoms with Crippen LogP contribution in [0.1, 0.15) is 13.3 Å². The summed E-state index contributed by atoms with van der Waals surface area (Å²) in [7, 11) is 0. The second kappa shape index (κ2) is 4.44. The maximum absolute atomic E-state index is 10.4. The van der Waals surface area contributed by atoms with E-state index in [1.54, 1.807) is 0 Å². The molecule has 74 valence electrons. The van der Waals surface area contributed by atoms with Gasteiger partial charge in [0.2, 0.25) is 0 Å². The first-order valence-electron chi connectivity index (χ1n) is 3.53. The molecule has 0 aliphatic carbocycles. The van der Waals surface area contributed by atoms with Crippen molar-refractivity contribution in [2.75, 3.05) is 0 Å². The third-order valence-electron chi connectivity index (χ3n) is 1.60. The zero-order valence-corrected chi connectivity index (χ0v) is 6.93. The molecule has 6 nitrogen and oxygen atoms in total. The molecule has 0 saturated heterocycles. The van der Waals surface area contributed by atoms with Gasteiger partial charge in [-0.25, -0.2) is 0 Å². The van der Waals surface area contributed by atoms with Crippen LogP contribution in [0.3, 0.4) is 0 Å². The van der Waals surface area contributed by atoms with Crippen molar-refractivity contribution in [2.24, 2.45) is 11.8 Å². The Morgan fingerprint density at radius 2 is 1.46 bits per heavy atom. The van der Waals surface area contributed by atoms with Crippen LogP contribution in [0.2, 0.25) is 0 Å². The summed E-state index contributed by atoms with van der Waals surface area (Å²) < 4.78 is 0. The third-order valence-corrected chi connectivity index (χ3v) is 1.60. The first kappa shape index (κ1) is 11.4. The van der Waals surface area contributed by atoms with Crippen LogP contribution >= 0.6 is 0 Å². The summed E-state index contributed by atoms with van der Waals surface area (Å²) in [6.45, 7) is 1.28. The molecule has 0 radical (unpaired) electrons. The Kier molecular flexibility index (Phi) is 3.90. The SMILES string of the molecule is C[C@@H](CC(=O)O)C(C(=O)O)C(=O)O. The summed E-state index contributed by atoms with van der Waals surface area (Å²) in [5, 5.41) is 25.2. The van der Waals surface area contributed by atoms with Crippen molar-refractivity contribution in [1.82, 2.24) is 0 Å². The number of carboxylic acid groups (broad SMARTS) is 3. The van der Waals surface area contributed by atoms with E-state index in [2.05, 4.69) is 0 Å². The molecule has 0 spiro atoms. The molecule has 0 rings (SSSR count). The van der Waals surface area contributed by atoms with Gasteiger partial charge in [0.15, 0.2) is 5.92 Å². The largest absolute Gasteiger partial charge is 0.481 e. The smallest absolute Gasteiger partial charge is 0.318 e. The molecule has 13 heavy (non-hydrogen) atoms. The highest BCUT2D eigenvalue weighted by Gasteiger charge is 2.32. The zero-order chi connectivity index (χ0) is 10.6. The first-order chi connectivity index (χ1) is 5.86. The molecule has 0 aliphatic rings. The van der Waals surface area contributed by atoms with E-state index < -0.39 is 36.2 Å². The minimum Gasteiger partial charge on any atom is -0.481 e. The van der Waals surface area contributed by atoms with Crippen molar-refractivity contribution in [3.8, 4) is 0 Å². The fourth-order valence-electron chi connectivity index (χ4n) is 0.986. The highest BCUT2D eigenvalue weighted by Crippen LogP contribution is 2.16. The van der Waals surface area contributed by atoms with E-state index in [1.807, 2.05) is 0 Å². The van der Waals surface area contributed by atoms with E-state index in [1.165, 1.54) is 6.92 Å². The second-order valence-electron chi connectivity index (χ2n) is 2.73. The lowest BCUT2D eigenvalue weighted by Gasteiger charge is -2.13. The molecule has 0 bridgehead atoms. The lowest BCUT2D eigenvalue weighted by atomic mass is 9.91. The average molecular weight is 190 g/mol. The van der Waals surface area contributed by atoms with Gasteiger partial charge in [-0.05, 0) is 5.92 Å². The molecule has 0 aliphatic heterocycles. The summed E-state index contributed by atoms with van der Waals surface area (Å²) >= 11 is 0. The summed E-state index contributed by atoms with van der Waals surface area (Å²) in [5.74, 6) is -6.81. The Labute approximate surface area is 73.8 Å². The van der Waals surface area contributed by atoms with Crippen molar-refractivity contribution in [3.05, 3.63) is 0 Å². The molecule has 1 atom stereocenters. The van der Waals surface area contributed by atoms with E-state index in [-0.39, 0.29) is 0 Å². The number of carboxylic acids is 3. The van der Waals surface area contributed by atoms with Gasteiger partial charge in [0.1, 0.15) is 0 Å². The topological polar surface area (TPSA) is 112 Å². The first-order valence-corrected chi connectivity index (χ1v) is 3.53. The predicted molar refractivity (Wildman–Crippen MR) is 40.2 cm³/mol. The standard InChI is InChI=1S/C7H10O6/c1-3(2-4(8)9)5(6(10)11)7(12)13/h3,5H,2H2,1H3,(H,8,9)(H,10,11)(H,12,13)/t3-/m0/s1. The Balaban J connectivity index is 4.46. The van der Waals surface area contributed by atoms with Crippen LogP contribution < -0.4 is 0 Å². The van der Waals surface area contributed by atoms with Gasteiger partial charge in [-0.15, -0.1) is 0 Å². The van der Waals surface area contributed by atoms with Crippen LogP contribution in [-0.2, 0) is 14.4 Å². The number of carbonyl (C=O) groups is 3. The number of hydrogen-bond acceptors (Lipinski definition) is 3. The van der Waals surface area contributed by atoms with Crippen molar-refractivity contribution >= 4 is 17.9 Å².